The van der Waals surface area contributed by atoms with E-state index in [-0.39, 0.29) is 11.9 Å². The van der Waals surface area contributed by atoms with Gasteiger partial charge in [0.05, 0.1) is 11.6 Å². The van der Waals surface area contributed by atoms with Crippen LogP contribution < -0.4 is 16.4 Å². The number of fused-ring (bicyclic) bond motifs is 10. The van der Waals surface area contributed by atoms with Crippen LogP contribution in [0.15, 0.2) is 30.3 Å². The molecule has 2 bridgehead atoms. The molecule has 4 aliphatic rings. The van der Waals surface area contributed by atoms with Crippen LogP contribution in [0, 0.1) is 17.8 Å². The Balaban J connectivity index is 1.42. The highest BCUT2D eigenvalue weighted by molar-refractivity contribution is 6.01. The average Bonchev–Trinajstić information content (AvgIpc) is 3.52. The van der Waals surface area contributed by atoms with Crippen molar-refractivity contribution in [2.24, 2.45) is 17.8 Å². The predicted octanol–water partition coefficient (Wildman–Crippen LogP) is 3.69. The second-order valence-electron chi connectivity index (χ2n) is 9.22. The maximum Gasteiger partial charge on any atom is 0.252 e. The number of aromatic nitrogens is 2. The summed E-state index contributed by atoms with van der Waals surface area (Å²) in [4.78, 5) is 12.7. The zero-order valence-electron chi connectivity index (χ0n) is 16.0. The van der Waals surface area contributed by atoms with E-state index < -0.39 is 0 Å². The fraction of sp³-hybridized carbons (Fsp3) is 0.391. The maximum atomic E-state index is 12.7. The molecular weight excluding hydrogens is 362 g/mol. The van der Waals surface area contributed by atoms with Crippen molar-refractivity contribution >= 4 is 28.3 Å². The van der Waals surface area contributed by atoms with Crippen molar-refractivity contribution in [3.8, 4) is 0 Å². The van der Waals surface area contributed by atoms with E-state index in [1.165, 1.54) is 30.4 Å². The number of nitrogens with one attached hydrogen (secondary N) is 3. The Labute approximate surface area is 168 Å². The Bertz CT molecular complexity index is 1200. The Kier molecular flexibility index (Phi) is 2.91. The summed E-state index contributed by atoms with van der Waals surface area (Å²) >= 11 is 0. The molecule has 3 heterocycles. The van der Waals surface area contributed by atoms with Gasteiger partial charge in [0, 0.05) is 23.2 Å². The van der Waals surface area contributed by atoms with Crippen LogP contribution in [0.4, 0.5) is 11.5 Å². The molecule has 2 aliphatic carbocycles. The Hall–Kier alpha value is -3.02. The van der Waals surface area contributed by atoms with Crippen LogP contribution in [-0.2, 0) is 6.54 Å². The van der Waals surface area contributed by atoms with Crippen molar-refractivity contribution in [1.82, 2.24) is 15.5 Å². The van der Waals surface area contributed by atoms with E-state index in [2.05, 4.69) is 51.2 Å². The molecule has 0 saturated heterocycles. The Morgan fingerprint density at radius 3 is 2.93 bits per heavy atom. The first kappa shape index (κ1) is 15.9. The molecule has 3 aromatic rings. The van der Waals surface area contributed by atoms with Gasteiger partial charge in [-0.1, -0.05) is 12.1 Å². The lowest BCUT2D eigenvalue weighted by Gasteiger charge is -2.44. The van der Waals surface area contributed by atoms with Crippen molar-refractivity contribution in [3.05, 3.63) is 52.6 Å². The molecule has 1 aromatic heterocycles. The van der Waals surface area contributed by atoms with E-state index in [1.807, 2.05) is 0 Å². The average molecular weight is 385 g/mol. The lowest BCUT2D eigenvalue weighted by atomic mass is 9.66. The van der Waals surface area contributed by atoms with Gasteiger partial charge in [0.2, 0.25) is 0 Å². The number of benzene rings is 2. The topological polar surface area (TPSA) is 95.8 Å². The summed E-state index contributed by atoms with van der Waals surface area (Å²) in [6.07, 6.45) is 3.88. The summed E-state index contributed by atoms with van der Waals surface area (Å²) in [6, 6.07) is 11.0. The molecule has 5 N–H and O–H groups in total. The van der Waals surface area contributed by atoms with E-state index in [0.717, 1.165) is 27.7 Å². The molecule has 1 unspecified atom stereocenters. The third-order valence-electron chi connectivity index (χ3n) is 7.98. The highest BCUT2D eigenvalue weighted by Gasteiger charge is 2.55. The number of nitrogens with zero attached hydrogens (tertiary/aromatic N) is 1. The second kappa shape index (κ2) is 5.32. The first-order valence-electron chi connectivity index (χ1n) is 10.6. The monoisotopic (exact) mass is 385 g/mol. The molecule has 6 nitrogen and oxygen atoms in total. The van der Waals surface area contributed by atoms with Gasteiger partial charge in [0.1, 0.15) is 0 Å². The first-order valence-corrected chi connectivity index (χ1v) is 10.6. The van der Waals surface area contributed by atoms with Gasteiger partial charge in [0.25, 0.3) is 5.91 Å². The van der Waals surface area contributed by atoms with Crippen LogP contribution in [0.2, 0.25) is 0 Å². The molecule has 146 valence electrons. The number of anilines is 2. The molecule has 5 atom stereocenters. The molecule has 2 fully saturated rings. The number of amides is 1. The Morgan fingerprint density at radius 2 is 2.00 bits per heavy atom. The third-order valence-corrected chi connectivity index (χ3v) is 7.98. The van der Waals surface area contributed by atoms with Crippen molar-refractivity contribution < 1.29 is 4.79 Å². The molecule has 0 spiro atoms. The zero-order valence-corrected chi connectivity index (χ0v) is 16.0. The molecule has 29 heavy (non-hydrogen) atoms. The number of carbonyl (C=O) groups excluding carboxylic acids is 1. The number of aromatic amines is 1. The molecular formula is C23H23N5O. The smallest absolute Gasteiger partial charge is 0.252 e. The summed E-state index contributed by atoms with van der Waals surface area (Å²) < 4.78 is 0. The van der Waals surface area contributed by atoms with E-state index in [0.29, 0.717) is 36.0 Å². The van der Waals surface area contributed by atoms with Gasteiger partial charge in [-0.3, -0.25) is 9.89 Å². The Morgan fingerprint density at radius 1 is 1.10 bits per heavy atom. The molecule has 6 heteroatoms. The molecule has 2 saturated carbocycles. The van der Waals surface area contributed by atoms with Gasteiger partial charge < -0.3 is 16.4 Å². The van der Waals surface area contributed by atoms with Crippen LogP contribution in [0.5, 0.6) is 0 Å². The minimum Gasteiger partial charge on any atom is -0.382 e. The first-order chi connectivity index (χ1) is 14.2. The molecule has 0 radical (unpaired) electrons. The number of rotatable bonds is 1. The fourth-order valence-electron chi connectivity index (χ4n) is 6.87. The SMILES string of the molecule is Nc1n[nH]c2ccc([C@@H]3Nc4ccc5c(c4[C@H]4[C@@H]6CCC(C6)[C@H]43)C(=O)NC5)cc12. The molecule has 2 aliphatic heterocycles. The van der Waals surface area contributed by atoms with Gasteiger partial charge in [-0.05, 0) is 77.8 Å². The van der Waals surface area contributed by atoms with E-state index in [9.17, 15) is 4.79 Å². The largest absolute Gasteiger partial charge is 0.382 e. The van der Waals surface area contributed by atoms with Gasteiger partial charge in [-0.2, -0.15) is 5.10 Å². The zero-order chi connectivity index (χ0) is 19.3. The van der Waals surface area contributed by atoms with Crippen molar-refractivity contribution in [1.29, 1.82) is 0 Å². The number of hydrogen-bond donors (Lipinski definition) is 4. The summed E-state index contributed by atoms with van der Waals surface area (Å²) in [5.74, 6) is 3.05. The summed E-state index contributed by atoms with van der Waals surface area (Å²) in [6.45, 7) is 0.660. The van der Waals surface area contributed by atoms with E-state index >= 15 is 0 Å². The summed E-state index contributed by atoms with van der Waals surface area (Å²) in [5.41, 5.74) is 12.9. The number of nitrogens with two attached hydrogens (primary N) is 1. The van der Waals surface area contributed by atoms with Crippen LogP contribution in [0.25, 0.3) is 10.9 Å². The predicted molar refractivity (Wildman–Crippen MR) is 112 cm³/mol. The van der Waals surface area contributed by atoms with E-state index in [1.54, 1.807) is 0 Å². The minimum atomic E-state index is 0.103. The number of H-pyrrole nitrogens is 1. The summed E-state index contributed by atoms with van der Waals surface area (Å²) in [7, 11) is 0. The van der Waals surface area contributed by atoms with Crippen molar-refractivity contribution in [2.75, 3.05) is 11.1 Å². The van der Waals surface area contributed by atoms with Gasteiger partial charge in [-0.25, -0.2) is 0 Å². The molecule has 7 rings (SSSR count). The van der Waals surface area contributed by atoms with Gasteiger partial charge >= 0.3 is 0 Å². The van der Waals surface area contributed by atoms with Crippen LogP contribution >= 0.6 is 0 Å². The minimum absolute atomic E-state index is 0.103. The lowest BCUT2D eigenvalue weighted by Crippen LogP contribution is -2.36. The van der Waals surface area contributed by atoms with Crippen molar-refractivity contribution in [3.63, 3.8) is 0 Å². The number of carbonyl (C=O) groups is 1. The maximum absolute atomic E-state index is 12.7. The second-order valence-corrected chi connectivity index (χ2v) is 9.22. The third kappa shape index (κ3) is 1.96. The number of nitrogen functional groups attached to an aromatic ring is 1. The van der Waals surface area contributed by atoms with Crippen LogP contribution in [-0.4, -0.2) is 16.1 Å². The van der Waals surface area contributed by atoms with Crippen LogP contribution in [0.1, 0.15) is 58.3 Å². The van der Waals surface area contributed by atoms with Crippen molar-refractivity contribution in [2.45, 2.75) is 37.8 Å². The highest BCUT2D eigenvalue weighted by atomic mass is 16.1. The fourth-order valence-corrected chi connectivity index (χ4v) is 6.87. The van der Waals surface area contributed by atoms with Crippen LogP contribution in [0.3, 0.4) is 0 Å². The molecule has 1 amide bonds. The summed E-state index contributed by atoms with van der Waals surface area (Å²) in [5, 5.41) is 15.0. The van der Waals surface area contributed by atoms with Gasteiger partial charge in [-0.15, -0.1) is 0 Å². The molecule has 2 aromatic carbocycles. The number of hydrogen-bond acceptors (Lipinski definition) is 4. The highest BCUT2D eigenvalue weighted by Crippen LogP contribution is 2.64. The quantitative estimate of drug-likeness (QED) is 0.514. The lowest BCUT2D eigenvalue weighted by molar-refractivity contribution is 0.0963. The van der Waals surface area contributed by atoms with E-state index in [4.69, 9.17) is 5.73 Å². The van der Waals surface area contributed by atoms with Gasteiger partial charge in [0.15, 0.2) is 5.82 Å². The normalized spacial score (nSPS) is 31.3. The standard InChI is InChI=1S/C23H23N5O/c24-22-14-8-12(3-5-15(14)27-28-22)21-18-11-2-1-10(7-11)17(18)20-16(26-21)6-4-13-9-25-23(29)19(13)20/h3-6,8,10-11,17-18,21,26H,1-2,7,9H2,(H,25,29)(H3,24,27,28)/t10-,11?,17+,18-,21+/m1/s1.